The lowest BCUT2D eigenvalue weighted by Gasteiger charge is -2.39. The summed E-state index contributed by atoms with van der Waals surface area (Å²) in [6.45, 7) is 1.65. The van der Waals surface area contributed by atoms with Crippen molar-refractivity contribution in [1.82, 2.24) is 10.3 Å². The number of carboxylic acid groups (broad SMARTS) is 1. The molecule has 1 aromatic heterocycles. The highest BCUT2D eigenvalue weighted by molar-refractivity contribution is 5.94. The van der Waals surface area contributed by atoms with Crippen LogP contribution in [0.3, 0.4) is 0 Å². The third-order valence-corrected chi connectivity index (χ3v) is 4.22. The minimum Gasteiger partial charge on any atom is -0.481 e. The Kier molecular flexibility index (Phi) is 4.63. The molecule has 2 atom stereocenters. The van der Waals surface area contributed by atoms with Crippen LogP contribution < -0.4 is 5.32 Å². The van der Waals surface area contributed by atoms with Crippen molar-refractivity contribution in [3.8, 4) is 0 Å². The van der Waals surface area contributed by atoms with Crippen LogP contribution in [0.1, 0.15) is 48.7 Å². The van der Waals surface area contributed by atoms with Crippen molar-refractivity contribution in [2.24, 2.45) is 5.92 Å². The number of halogens is 3. The fourth-order valence-electron chi connectivity index (χ4n) is 2.91. The predicted octanol–water partition coefficient (Wildman–Crippen LogP) is 2.86. The van der Waals surface area contributed by atoms with Gasteiger partial charge in [-0.3, -0.25) is 14.6 Å². The highest BCUT2D eigenvalue weighted by Crippen LogP contribution is 2.34. The van der Waals surface area contributed by atoms with Crippen LogP contribution in [0, 0.1) is 5.92 Å². The second-order valence-corrected chi connectivity index (χ2v) is 5.94. The molecule has 1 heterocycles. The molecule has 0 radical (unpaired) electrons. The van der Waals surface area contributed by atoms with Gasteiger partial charge >= 0.3 is 12.1 Å². The Bertz CT molecular complexity index is 601. The molecule has 1 amide bonds. The lowest BCUT2D eigenvalue weighted by molar-refractivity contribution is -0.146. The topological polar surface area (TPSA) is 79.3 Å². The Labute approximate surface area is 130 Å². The molecule has 1 saturated carbocycles. The Morgan fingerprint density at radius 1 is 1.35 bits per heavy atom. The summed E-state index contributed by atoms with van der Waals surface area (Å²) in [6, 6.07) is 1.76. The van der Waals surface area contributed by atoms with Gasteiger partial charge in [-0.1, -0.05) is 12.8 Å². The SMILES string of the molecule is CC1(NC(=O)c2ccc(C(F)(F)F)nc2)CCCCC1C(=O)O. The number of hydrogen-bond acceptors (Lipinski definition) is 3. The number of carbonyl (C=O) groups is 2. The van der Waals surface area contributed by atoms with E-state index in [1.54, 1.807) is 6.92 Å². The number of hydrogen-bond donors (Lipinski definition) is 2. The van der Waals surface area contributed by atoms with Gasteiger partial charge in [0.1, 0.15) is 5.69 Å². The van der Waals surface area contributed by atoms with Gasteiger partial charge in [0.2, 0.25) is 0 Å². The van der Waals surface area contributed by atoms with Gasteiger partial charge in [0.15, 0.2) is 0 Å². The number of carboxylic acids is 1. The first-order valence-corrected chi connectivity index (χ1v) is 7.22. The summed E-state index contributed by atoms with van der Waals surface area (Å²) < 4.78 is 37.4. The molecule has 8 heteroatoms. The van der Waals surface area contributed by atoms with E-state index in [9.17, 15) is 27.9 Å². The highest BCUT2D eigenvalue weighted by atomic mass is 19.4. The summed E-state index contributed by atoms with van der Waals surface area (Å²) in [5, 5.41) is 12.0. The largest absolute Gasteiger partial charge is 0.481 e. The zero-order valence-corrected chi connectivity index (χ0v) is 12.5. The number of carbonyl (C=O) groups excluding carboxylic acids is 1. The lowest BCUT2D eigenvalue weighted by atomic mass is 9.74. The van der Waals surface area contributed by atoms with E-state index in [1.165, 1.54) is 0 Å². The van der Waals surface area contributed by atoms with Gasteiger partial charge in [0.05, 0.1) is 17.0 Å². The lowest BCUT2D eigenvalue weighted by Crippen LogP contribution is -2.55. The summed E-state index contributed by atoms with van der Waals surface area (Å²) in [5.41, 5.74) is -2.04. The molecule has 0 saturated heterocycles. The van der Waals surface area contributed by atoms with E-state index >= 15 is 0 Å². The van der Waals surface area contributed by atoms with Crippen molar-refractivity contribution in [3.63, 3.8) is 0 Å². The van der Waals surface area contributed by atoms with Crippen LogP contribution >= 0.6 is 0 Å². The van der Waals surface area contributed by atoms with Crippen LogP contribution in [0.15, 0.2) is 18.3 Å². The molecule has 0 aliphatic heterocycles. The Hall–Kier alpha value is -2.12. The second-order valence-electron chi connectivity index (χ2n) is 5.94. The van der Waals surface area contributed by atoms with Crippen molar-refractivity contribution in [3.05, 3.63) is 29.6 Å². The molecule has 2 rings (SSSR count). The molecule has 1 aromatic rings. The predicted molar refractivity (Wildman–Crippen MR) is 74.7 cm³/mol. The van der Waals surface area contributed by atoms with Crippen LogP contribution in [0.5, 0.6) is 0 Å². The van der Waals surface area contributed by atoms with Crippen molar-refractivity contribution < 1.29 is 27.9 Å². The first-order chi connectivity index (χ1) is 10.6. The summed E-state index contributed by atoms with van der Waals surface area (Å²) in [7, 11) is 0. The first-order valence-electron chi connectivity index (χ1n) is 7.22. The van der Waals surface area contributed by atoms with Crippen molar-refractivity contribution in [1.29, 1.82) is 0 Å². The van der Waals surface area contributed by atoms with Crippen molar-refractivity contribution >= 4 is 11.9 Å². The molecule has 0 bridgehead atoms. The maximum Gasteiger partial charge on any atom is 0.433 e. The number of amides is 1. The molecule has 5 nitrogen and oxygen atoms in total. The number of rotatable bonds is 3. The molecular weight excluding hydrogens is 313 g/mol. The molecular formula is C15H17F3N2O3. The minimum absolute atomic E-state index is 0.0334. The summed E-state index contributed by atoms with van der Waals surface area (Å²) in [6.07, 6.45) is -1.21. The molecule has 0 spiro atoms. The van der Waals surface area contributed by atoms with Gasteiger partial charge < -0.3 is 10.4 Å². The highest BCUT2D eigenvalue weighted by Gasteiger charge is 2.42. The van der Waals surface area contributed by atoms with Gasteiger partial charge in [-0.2, -0.15) is 13.2 Å². The average molecular weight is 330 g/mol. The van der Waals surface area contributed by atoms with Gasteiger partial charge in [-0.15, -0.1) is 0 Å². The molecule has 23 heavy (non-hydrogen) atoms. The second kappa shape index (κ2) is 6.17. The Balaban J connectivity index is 2.15. The first kappa shape index (κ1) is 17.2. The summed E-state index contributed by atoms with van der Waals surface area (Å²) in [5.74, 6) is -2.33. The Morgan fingerprint density at radius 2 is 2.04 bits per heavy atom. The van der Waals surface area contributed by atoms with E-state index < -0.39 is 35.2 Å². The smallest absolute Gasteiger partial charge is 0.433 e. The van der Waals surface area contributed by atoms with E-state index in [0.29, 0.717) is 12.8 Å². The normalized spacial score (nSPS) is 25.0. The van der Waals surface area contributed by atoms with Crippen molar-refractivity contribution in [2.75, 3.05) is 0 Å². The minimum atomic E-state index is -4.57. The van der Waals surface area contributed by atoms with Crippen molar-refractivity contribution in [2.45, 2.75) is 44.3 Å². The number of alkyl halides is 3. The van der Waals surface area contributed by atoms with Crippen LogP contribution in [0.25, 0.3) is 0 Å². The van der Waals surface area contributed by atoms with Gasteiger partial charge in [0.25, 0.3) is 5.91 Å². The van der Waals surface area contributed by atoms with E-state index in [0.717, 1.165) is 31.2 Å². The molecule has 2 unspecified atom stereocenters. The van der Waals surface area contributed by atoms with E-state index in [4.69, 9.17) is 0 Å². The Morgan fingerprint density at radius 3 is 2.57 bits per heavy atom. The molecule has 1 fully saturated rings. The van der Waals surface area contributed by atoms with E-state index in [1.807, 2.05) is 0 Å². The number of aromatic nitrogens is 1. The van der Waals surface area contributed by atoms with Gasteiger partial charge in [0, 0.05) is 6.20 Å². The number of nitrogens with one attached hydrogen (secondary N) is 1. The molecule has 1 aliphatic rings. The maximum atomic E-state index is 12.5. The van der Waals surface area contributed by atoms with Crippen LogP contribution in [-0.4, -0.2) is 27.5 Å². The quantitative estimate of drug-likeness (QED) is 0.893. The summed E-state index contributed by atoms with van der Waals surface area (Å²) in [4.78, 5) is 26.8. The molecule has 0 aromatic carbocycles. The fraction of sp³-hybridized carbons (Fsp3) is 0.533. The zero-order valence-electron chi connectivity index (χ0n) is 12.5. The third-order valence-electron chi connectivity index (χ3n) is 4.22. The fourth-order valence-corrected chi connectivity index (χ4v) is 2.91. The number of aliphatic carboxylic acids is 1. The van der Waals surface area contributed by atoms with Gasteiger partial charge in [-0.25, -0.2) is 0 Å². The molecule has 2 N–H and O–H groups in total. The van der Waals surface area contributed by atoms with Crippen LogP contribution in [0.2, 0.25) is 0 Å². The standard InChI is InChI=1S/C15H17F3N2O3/c1-14(7-3-2-4-10(14)13(22)23)20-12(21)9-5-6-11(19-8-9)15(16,17)18/h5-6,8,10H,2-4,7H2,1H3,(H,20,21)(H,22,23). The van der Waals surface area contributed by atoms with Crippen LogP contribution in [-0.2, 0) is 11.0 Å². The average Bonchev–Trinajstić information content (AvgIpc) is 2.46. The maximum absolute atomic E-state index is 12.5. The summed E-state index contributed by atoms with van der Waals surface area (Å²) >= 11 is 0. The van der Waals surface area contributed by atoms with Gasteiger partial charge in [-0.05, 0) is 31.9 Å². The van der Waals surface area contributed by atoms with E-state index in [2.05, 4.69) is 10.3 Å². The third kappa shape index (κ3) is 3.80. The monoisotopic (exact) mass is 330 g/mol. The van der Waals surface area contributed by atoms with Crippen LogP contribution in [0.4, 0.5) is 13.2 Å². The zero-order chi connectivity index (χ0) is 17.3. The van der Waals surface area contributed by atoms with E-state index in [-0.39, 0.29) is 5.56 Å². The number of nitrogens with zero attached hydrogens (tertiary/aromatic N) is 1. The number of pyridine rings is 1. The molecule has 126 valence electrons. The molecule has 1 aliphatic carbocycles.